The van der Waals surface area contributed by atoms with Gasteiger partial charge in [0.1, 0.15) is 11.8 Å². The Bertz CT molecular complexity index is 627. The smallest absolute Gasteiger partial charge is 0.174 e. The molecule has 1 heterocycles. The van der Waals surface area contributed by atoms with Gasteiger partial charge in [-0.15, -0.1) is 0 Å². The summed E-state index contributed by atoms with van der Waals surface area (Å²) >= 11 is 0. The molecule has 0 amide bonds. The SMILES string of the molecule is CCc1nn(C)cc1CNCc1ccccc1OCC#N. The molecular formula is C16H20N4O. The van der Waals surface area contributed by atoms with E-state index in [1.165, 1.54) is 5.56 Å². The Hall–Kier alpha value is -2.32. The molecule has 1 aromatic carbocycles. The Labute approximate surface area is 125 Å². The number of hydrogen-bond donors (Lipinski definition) is 1. The van der Waals surface area contributed by atoms with Gasteiger partial charge in [-0.3, -0.25) is 4.68 Å². The van der Waals surface area contributed by atoms with E-state index >= 15 is 0 Å². The van der Waals surface area contributed by atoms with Gasteiger partial charge in [-0.2, -0.15) is 10.4 Å². The first kappa shape index (κ1) is 15.1. The average molecular weight is 284 g/mol. The van der Waals surface area contributed by atoms with Crippen molar-refractivity contribution in [3.63, 3.8) is 0 Å². The molecule has 5 heteroatoms. The van der Waals surface area contributed by atoms with E-state index < -0.39 is 0 Å². The van der Waals surface area contributed by atoms with Gasteiger partial charge in [0.2, 0.25) is 0 Å². The van der Waals surface area contributed by atoms with Crippen molar-refractivity contribution < 1.29 is 4.74 Å². The lowest BCUT2D eigenvalue weighted by Gasteiger charge is -2.10. The normalized spacial score (nSPS) is 10.3. The van der Waals surface area contributed by atoms with Crippen LogP contribution in [0.25, 0.3) is 0 Å². The average Bonchev–Trinajstić information content (AvgIpc) is 2.86. The number of para-hydroxylation sites is 1. The standard InChI is InChI=1S/C16H20N4O/c1-3-15-14(12-20(2)19-15)11-18-10-13-6-4-5-7-16(13)21-9-8-17/h4-7,12,18H,3,9-11H2,1-2H3. The maximum Gasteiger partial charge on any atom is 0.174 e. The molecule has 0 radical (unpaired) electrons. The second kappa shape index (κ2) is 7.46. The predicted octanol–water partition coefficient (Wildman–Crippen LogP) is 2.17. The fourth-order valence-electron chi connectivity index (χ4n) is 2.26. The van der Waals surface area contributed by atoms with E-state index in [2.05, 4.69) is 17.3 Å². The van der Waals surface area contributed by atoms with E-state index in [1.807, 2.05) is 48.3 Å². The van der Waals surface area contributed by atoms with Crippen molar-refractivity contribution in [1.29, 1.82) is 5.26 Å². The van der Waals surface area contributed by atoms with Gasteiger partial charge in [-0.25, -0.2) is 0 Å². The van der Waals surface area contributed by atoms with Crippen LogP contribution in [0.3, 0.4) is 0 Å². The van der Waals surface area contributed by atoms with E-state index in [-0.39, 0.29) is 6.61 Å². The fraction of sp³-hybridized carbons (Fsp3) is 0.375. The minimum absolute atomic E-state index is 0.0690. The lowest BCUT2D eigenvalue weighted by atomic mass is 10.2. The molecule has 21 heavy (non-hydrogen) atoms. The van der Waals surface area contributed by atoms with E-state index in [4.69, 9.17) is 10.00 Å². The summed E-state index contributed by atoms with van der Waals surface area (Å²) in [4.78, 5) is 0. The van der Waals surface area contributed by atoms with Gasteiger partial charge in [-0.1, -0.05) is 25.1 Å². The second-order valence-corrected chi connectivity index (χ2v) is 4.79. The zero-order valence-corrected chi connectivity index (χ0v) is 12.5. The molecule has 0 aliphatic carbocycles. The summed E-state index contributed by atoms with van der Waals surface area (Å²) in [7, 11) is 1.94. The van der Waals surface area contributed by atoms with Crippen LogP contribution < -0.4 is 10.1 Å². The molecule has 2 rings (SSSR count). The van der Waals surface area contributed by atoms with Gasteiger partial charge in [0.25, 0.3) is 0 Å². The minimum atomic E-state index is 0.0690. The summed E-state index contributed by atoms with van der Waals surface area (Å²) in [5.41, 5.74) is 3.39. The molecule has 0 atom stereocenters. The Kier molecular flexibility index (Phi) is 5.35. The number of aryl methyl sites for hydroxylation is 2. The highest BCUT2D eigenvalue weighted by molar-refractivity contribution is 5.33. The van der Waals surface area contributed by atoms with Crippen LogP contribution >= 0.6 is 0 Å². The van der Waals surface area contributed by atoms with Crippen LogP contribution in [0.1, 0.15) is 23.7 Å². The molecule has 110 valence electrons. The molecule has 1 aromatic heterocycles. The van der Waals surface area contributed by atoms with E-state index in [0.717, 1.165) is 30.0 Å². The van der Waals surface area contributed by atoms with Crippen LogP contribution in [0.4, 0.5) is 0 Å². The summed E-state index contributed by atoms with van der Waals surface area (Å²) in [6, 6.07) is 9.76. The maximum absolute atomic E-state index is 8.60. The Morgan fingerprint density at radius 1 is 1.29 bits per heavy atom. The highest BCUT2D eigenvalue weighted by Crippen LogP contribution is 2.17. The van der Waals surface area contributed by atoms with Crippen LogP contribution in [0.2, 0.25) is 0 Å². The van der Waals surface area contributed by atoms with Gasteiger partial charge in [0.05, 0.1) is 5.69 Å². The first-order chi connectivity index (χ1) is 10.2. The van der Waals surface area contributed by atoms with Crippen molar-refractivity contribution in [1.82, 2.24) is 15.1 Å². The number of nitrogens with zero attached hydrogens (tertiary/aromatic N) is 3. The summed E-state index contributed by atoms with van der Waals surface area (Å²) in [5.74, 6) is 0.758. The lowest BCUT2D eigenvalue weighted by molar-refractivity contribution is 0.362. The first-order valence-electron chi connectivity index (χ1n) is 7.04. The molecule has 0 spiro atoms. The van der Waals surface area contributed by atoms with Crippen molar-refractivity contribution in [3.8, 4) is 11.8 Å². The van der Waals surface area contributed by atoms with Gasteiger partial charge in [0, 0.05) is 37.5 Å². The number of benzene rings is 1. The van der Waals surface area contributed by atoms with Crippen molar-refractivity contribution in [3.05, 3.63) is 47.3 Å². The summed E-state index contributed by atoms with van der Waals surface area (Å²) in [6.07, 6.45) is 2.98. The first-order valence-corrected chi connectivity index (χ1v) is 7.04. The fourth-order valence-corrected chi connectivity index (χ4v) is 2.26. The molecule has 0 fully saturated rings. The van der Waals surface area contributed by atoms with Crippen LogP contribution in [0, 0.1) is 11.3 Å². The van der Waals surface area contributed by atoms with Crippen LogP contribution in [-0.2, 0) is 26.6 Å². The highest BCUT2D eigenvalue weighted by atomic mass is 16.5. The molecule has 0 aliphatic heterocycles. The number of nitriles is 1. The summed E-state index contributed by atoms with van der Waals surface area (Å²) in [6.45, 7) is 3.64. The summed E-state index contributed by atoms with van der Waals surface area (Å²) in [5, 5.41) is 16.4. The maximum atomic E-state index is 8.60. The van der Waals surface area contributed by atoms with Crippen molar-refractivity contribution >= 4 is 0 Å². The molecule has 0 bridgehead atoms. The zero-order valence-electron chi connectivity index (χ0n) is 12.5. The van der Waals surface area contributed by atoms with Gasteiger partial charge in [-0.05, 0) is 12.5 Å². The van der Waals surface area contributed by atoms with Crippen molar-refractivity contribution in [2.75, 3.05) is 6.61 Å². The Balaban J connectivity index is 1.95. The van der Waals surface area contributed by atoms with Crippen LogP contribution in [0.5, 0.6) is 5.75 Å². The van der Waals surface area contributed by atoms with E-state index in [1.54, 1.807) is 0 Å². The monoisotopic (exact) mass is 284 g/mol. The molecule has 0 aliphatic rings. The predicted molar refractivity (Wildman–Crippen MR) is 80.7 cm³/mol. The van der Waals surface area contributed by atoms with Gasteiger partial charge >= 0.3 is 0 Å². The van der Waals surface area contributed by atoms with Gasteiger partial charge in [0.15, 0.2) is 6.61 Å². The molecule has 0 saturated heterocycles. The van der Waals surface area contributed by atoms with Crippen LogP contribution in [-0.4, -0.2) is 16.4 Å². The number of rotatable bonds is 7. The van der Waals surface area contributed by atoms with Crippen LogP contribution in [0.15, 0.2) is 30.5 Å². The summed E-state index contributed by atoms with van der Waals surface area (Å²) < 4.78 is 7.27. The number of ether oxygens (including phenoxy) is 1. The molecule has 2 aromatic rings. The minimum Gasteiger partial charge on any atom is -0.478 e. The number of nitrogens with one attached hydrogen (secondary N) is 1. The van der Waals surface area contributed by atoms with E-state index in [9.17, 15) is 0 Å². The topological polar surface area (TPSA) is 62.9 Å². The largest absolute Gasteiger partial charge is 0.478 e. The molecule has 0 saturated carbocycles. The molecular weight excluding hydrogens is 264 g/mol. The van der Waals surface area contributed by atoms with Crippen molar-refractivity contribution in [2.24, 2.45) is 7.05 Å². The Morgan fingerprint density at radius 2 is 2.05 bits per heavy atom. The molecule has 1 N–H and O–H groups in total. The Morgan fingerprint density at radius 3 is 2.81 bits per heavy atom. The quantitative estimate of drug-likeness (QED) is 0.846. The number of aromatic nitrogens is 2. The third-order valence-corrected chi connectivity index (χ3v) is 3.22. The second-order valence-electron chi connectivity index (χ2n) is 4.79. The third kappa shape index (κ3) is 4.07. The lowest BCUT2D eigenvalue weighted by Crippen LogP contribution is -2.14. The molecule has 5 nitrogen and oxygen atoms in total. The van der Waals surface area contributed by atoms with Gasteiger partial charge < -0.3 is 10.1 Å². The molecule has 0 unspecified atom stereocenters. The zero-order chi connectivity index (χ0) is 15.1. The van der Waals surface area contributed by atoms with E-state index in [0.29, 0.717) is 6.54 Å². The number of hydrogen-bond acceptors (Lipinski definition) is 4. The van der Waals surface area contributed by atoms with Crippen molar-refractivity contribution in [2.45, 2.75) is 26.4 Å². The highest BCUT2D eigenvalue weighted by Gasteiger charge is 2.06. The third-order valence-electron chi connectivity index (χ3n) is 3.22.